The average molecular weight is 260 g/mol. The predicted octanol–water partition coefficient (Wildman–Crippen LogP) is 2.92. The van der Waals surface area contributed by atoms with Gasteiger partial charge in [0.15, 0.2) is 0 Å². The molecule has 3 nitrogen and oxygen atoms in total. The monoisotopic (exact) mass is 260 g/mol. The van der Waals surface area contributed by atoms with Crippen LogP contribution in [0, 0.1) is 0 Å². The fourth-order valence-electron chi connectivity index (χ4n) is 2.22. The zero-order chi connectivity index (χ0) is 13.6. The molecule has 2 N–H and O–H groups in total. The number of rotatable bonds is 2. The summed E-state index contributed by atoms with van der Waals surface area (Å²) in [6.07, 6.45) is -3.43. The lowest BCUT2D eigenvalue weighted by molar-refractivity contribution is -0.148. The molecular weight excluding hydrogens is 249 g/mol. The van der Waals surface area contributed by atoms with Gasteiger partial charge < -0.3 is 10.2 Å². The van der Waals surface area contributed by atoms with Crippen LogP contribution in [-0.4, -0.2) is 16.2 Å². The van der Waals surface area contributed by atoms with Crippen LogP contribution in [0.4, 0.5) is 13.2 Å². The van der Waals surface area contributed by atoms with Gasteiger partial charge in [-0.1, -0.05) is 6.42 Å². The standard InChI is InChI=1S/C12H11F3O3/c13-12(14,15)7-2-3-9(16)8(6-7)11(10(17)18)4-1-5-11/h2-3,6,16H,1,4-5H2,(H,17,18). The van der Waals surface area contributed by atoms with Crippen LogP contribution >= 0.6 is 0 Å². The second-order valence-corrected chi connectivity index (χ2v) is 4.47. The van der Waals surface area contributed by atoms with E-state index in [2.05, 4.69) is 0 Å². The number of alkyl halides is 3. The van der Waals surface area contributed by atoms with Crippen molar-refractivity contribution in [2.45, 2.75) is 30.9 Å². The number of hydrogen-bond donors (Lipinski definition) is 2. The molecule has 0 heterocycles. The Kier molecular flexibility index (Phi) is 2.76. The van der Waals surface area contributed by atoms with Gasteiger partial charge in [0.2, 0.25) is 0 Å². The summed E-state index contributed by atoms with van der Waals surface area (Å²) >= 11 is 0. The second kappa shape index (κ2) is 3.90. The Morgan fingerprint density at radius 1 is 1.28 bits per heavy atom. The van der Waals surface area contributed by atoms with Crippen LogP contribution in [0.1, 0.15) is 30.4 Å². The number of halogens is 3. The van der Waals surface area contributed by atoms with Gasteiger partial charge in [0.1, 0.15) is 5.75 Å². The number of phenols is 1. The largest absolute Gasteiger partial charge is 0.508 e. The zero-order valence-electron chi connectivity index (χ0n) is 9.29. The fraction of sp³-hybridized carbons (Fsp3) is 0.417. The van der Waals surface area contributed by atoms with E-state index in [1.54, 1.807) is 0 Å². The Balaban J connectivity index is 2.53. The molecular formula is C12H11F3O3. The topological polar surface area (TPSA) is 57.5 Å². The van der Waals surface area contributed by atoms with Gasteiger partial charge >= 0.3 is 12.1 Å². The summed E-state index contributed by atoms with van der Waals surface area (Å²) in [5.74, 6) is -1.59. The van der Waals surface area contributed by atoms with Crippen LogP contribution in [0.2, 0.25) is 0 Å². The van der Waals surface area contributed by atoms with Gasteiger partial charge in [0.05, 0.1) is 11.0 Å². The van der Waals surface area contributed by atoms with Crippen molar-refractivity contribution < 1.29 is 28.2 Å². The van der Waals surface area contributed by atoms with Crippen molar-refractivity contribution in [2.24, 2.45) is 0 Å². The first kappa shape index (κ1) is 12.7. The Morgan fingerprint density at radius 3 is 2.28 bits per heavy atom. The Bertz CT molecular complexity index is 490. The quantitative estimate of drug-likeness (QED) is 0.859. The molecule has 1 aliphatic rings. The lowest BCUT2D eigenvalue weighted by Gasteiger charge is -2.38. The van der Waals surface area contributed by atoms with Gasteiger partial charge in [-0.25, -0.2) is 0 Å². The Morgan fingerprint density at radius 2 is 1.89 bits per heavy atom. The van der Waals surface area contributed by atoms with Gasteiger partial charge in [-0.15, -0.1) is 0 Å². The molecule has 0 amide bonds. The maximum absolute atomic E-state index is 12.6. The highest BCUT2D eigenvalue weighted by Crippen LogP contribution is 2.48. The normalized spacial score (nSPS) is 18.2. The van der Waals surface area contributed by atoms with Crippen LogP contribution in [-0.2, 0) is 16.4 Å². The number of carboxylic acid groups (broad SMARTS) is 1. The van der Waals surface area contributed by atoms with E-state index in [0.29, 0.717) is 6.42 Å². The fourth-order valence-corrected chi connectivity index (χ4v) is 2.22. The Hall–Kier alpha value is -1.72. The van der Waals surface area contributed by atoms with Gasteiger partial charge in [-0.2, -0.15) is 13.2 Å². The van der Waals surface area contributed by atoms with Crippen LogP contribution in [0.15, 0.2) is 18.2 Å². The van der Waals surface area contributed by atoms with Gasteiger partial charge in [0.25, 0.3) is 0 Å². The highest BCUT2D eigenvalue weighted by atomic mass is 19.4. The SMILES string of the molecule is O=C(O)C1(c2cc(C(F)(F)F)ccc2O)CCC1. The molecule has 0 aliphatic heterocycles. The first-order chi connectivity index (χ1) is 8.27. The molecule has 1 fully saturated rings. The molecule has 0 aromatic heterocycles. The molecule has 0 bridgehead atoms. The van der Waals surface area contributed by atoms with Crippen molar-refractivity contribution in [3.63, 3.8) is 0 Å². The van der Waals surface area contributed by atoms with Crippen molar-refractivity contribution in [1.82, 2.24) is 0 Å². The Labute approximate surface area is 101 Å². The van der Waals surface area contributed by atoms with E-state index < -0.39 is 28.9 Å². The zero-order valence-corrected chi connectivity index (χ0v) is 9.29. The summed E-state index contributed by atoms with van der Waals surface area (Å²) in [4.78, 5) is 11.2. The first-order valence-electron chi connectivity index (χ1n) is 5.41. The van der Waals surface area contributed by atoms with Crippen LogP contribution in [0.25, 0.3) is 0 Å². The van der Waals surface area contributed by atoms with E-state index >= 15 is 0 Å². The number of hydrogen-bond acceptors (Lipinski definition) is 2. The first-order valence-corrected chi connectivity index (χ1v) is 5.41. The summed E-state index contributed by atoms with van der Waals surface area (Å²) in [6, 6.07) is 2.39. The molecule has 1 aliphatic carbocycles. The van der Waals surface area contributed by atoms with Crippen LogP contribution in [0.3, 0.4) is 0 Å². The molecule has 0 unspecified atom stereocenters. The summed E-state index contributed by atoms with van der Waals surface area (Å²) in [5, 5.41) is 18.8. The lowest BCUT2D eigenvalue weighted by atomic mass is 9.64. The average Bonchev–Trinajstić information content (AvgIpc) is 2.16. The highest BCUT2D eigenvalue weighted by Gasteiger charge is 2.48. The molecule has 2 rings (SSSR count). The third-order valence-electron chi connectivity index (χ3n) is 3.46. The maximum Gasteiger partial charge on any atom is 0.416 e. The number of benzene rings is 1. The van der Waals surface area contributed by atoms with Gasteiger partial charge in [-0.3, -0.25) is 4.79 Å². The molecule has 18 heavy (non-hydrogen) atoms. The molecule has 0 saturated heterocycles. The minimum absolute atomic E-state index is 0.143. The summed E-state index contributed by atoms with van der Waals surface area (Å²) < 4.78 is 37.7. The molecule has 0 radical (unpaired) electrons. The van der Waals surface area contributed by atoms with Crippen LogP contribution in [0.5, 0.6) is 5.75 Å². The molecule has 0 atom stereocenters. The predicted molar refractivity (Wildman–Crippen MR) is 56.3 cm³/mol. The number of phenolic OH excluding ortho intramolecular Hbond substituents is 1. The van der Waals surface area contributed by atoms with Crippen LogP contribution < -0.4 is 0 Å². The van der Waals surface area contributed by atoms with E-state index in [1.807, 2.05) is 0 Å². The van der Waals surface area contributed by atoms with Gasteiger partial charge in [-0.05, 0) is 31.0 Å². The number of carbonyl (C=O) groups is 1. The summed E-state index contributed by atoms with van der Waals surface area (Å²) in [7, 11) is 0. The van der Waals surface area contributed by atoms with E-state index in [9.17, 15) is 23.1 Å². The van der Waals surface area contributed by atoms with Crippen molar-refractivity contribution in [3.05, 3.63) is 29.3 Å². The molecule has 6 heteroatoms. The second-order valence-electron chi connectivity index (χ2n) is 4.47. The van der Waals surface area contributed by atoms with Crippen molar-refractivity contribution in [3.8, 4) is 5.75 Å². The molecule has 1 aromatic carbocycles. The molecule has 1 saturated carbocycles. The number of aromatic hydroxyl groups is 1. The summed E-state index contributed by atoms with van der Waals surface area (Å²) in [6.45, 7) is 0. The van der Waals surface area contributed by atoms with E-state index in [4.69, 9.17) is 5.11 Å². The maximum atomic E-state index is 12.6. The van der Waals surface area contributed by atoms with Crippen molar-refractivity contribution >= 4 is 5.97 Å². The molecule has 0 spiro atoms. The smallest absolute Gasteiger partial charge is 0.416 e. The van der Waals surface area contributed by atoms with E-state index in [-0.39, 0.29) is 18.4 Å². The number of carboxylic acids is 1. The van der Waals surface area contributed by atoms with E-state index in [1.165, 1.54) is 0 Å². The van der Waals surface area contributed by atoms with Crippen molar-refractivity contribution in [1.29, 1.82) is 0 Å². The number of aliphatic carboxylic acids is 1. The third kappa shape index (κ3) is 1.81. The van der Waals surface area contributed by atoms with E-state index in [0.717, 1.165) is 18.2 Å². The highest BCUT2D eigenvalue weighted by molar-refractivity contribution is 5.83. The lowest BCUT2D eigenvalue weighted by Crippen LogP contribution is -2.42. The summed E-state index contributed by atoms with van der Waals surface area (Å²) in [5.41, 5.74) is -2.45. The minimum atomic E-state index is -4.55. The molecule has 1 aromatic rings. The third-order valence-corrected chi connectivity index (χ3v) is 3.46. The minimum Gasteiger partial charge on any atom is -0.508 e. The van der Waals surface area contributed by atoms with Crippen molar-refractivity contribution in [2.75, 3.05) is 0 Å². The molecule has 98 valence electrons. The van der Waals surface area contributed by atoms with Gasteiger partial charge in [0, 0.05) is 5.56 Å².